The lowest BCUT2D eigenvalue weighted by atomic mass is 10.3. The summed E-state index contributed by atoms with van der Waals surface area (Å²) in [7, 11) is -0.743. The fourth-order valence-electron chi connectivity index (χ4n) is 1.53. The summed E-state index contributed by atoms with van der Waals surface area (Å²) in [6, 6.07) is 6.15. The first-order valence-electron chi connectivity index (χ1n) is 5.56. The number of sulfonamides is 1. The van der Waals surface area contributed by atoms with Crippen LogP contribution < -0.4 is 14.2 Å². The second-order valence-electron chi connectivity index (χ2n) is 3.89. The Morgan fingerprint density at radius 1 is 1.14 bits per heavy atom. The van der Waals surface area contributed by atoms with Crippen molar-refractivity contribution in [1.82, 2.24) is 0 Å². The molecule has 1 aromatic heterocycles. The topological polar surface area (TPSA) is 64.6 Å². The van der Waals surface area contributed by atoms with Crippen LogP contribution in [-0.4, -0.2) is 22.6 Å². The van der Waals surface area contributed by atoms with Gasteiger partial charge in [0.25, 0.3) is 10.0 Å². The largest absolute Gasteiger partial charge is 0.497 e. The van der Waals surface area contributed by atoms with Gasteiger partial charge in [-0.3, -0.25) is 4.72 Å². The van der Waals surface area contributed by atoms with Gasteiger partial charge in [0.2, 0.25) is 0 Å². The van der Waals surface area contributed by atoms with Crippen molar-refractivity contribution in [2.45, 2.75) is 4.21 Å². The van der Waals surface area contributed by atoms with E-state index in [1.807, 2.05) is 0 Å². The van der Waals surface area contributed by atoms with Gasteiger partial charge in [0.1, 0.15) is 15.7 Å². The van der Waals surface area contributed by atoms with E-state index in [-0.39, 0.29) is 4.21 Å². The number of nitrogens with one attached hydrogen (secondary N) is 1. The second kappa shape index (κ2) is 6.43. The molecule has 1 aromatic carbocycles. The smallest absolute Gasteiger partial charge is 0.271 e. The quantitative estimate of drug-likeness (QED) is 0.806. The summed E-state index contributed by atoms with van der Waals surface area (Å²) in [5.41, 5.74) is 0.340. The summed E-state index contributed by atoms with van der Waals surface area (Å²) in [5.74, 6) is 0.967. The summed E-state index contributed by atoms with van der Waals surface area (Å²) in [4.78, 5) is 0. The molecule has 2 aromatic rings. The lowest BCUT2D eigenvalue weighted by Gasteiger charge is -2.10. The average Bonchev–Trinajstić information content (AvgIpc) is 2.78. The monoisotopic (exact) mass is 411 g/mol. The van der Waals surface area contributed by atoms with Crippen molar-refractivity contribution < 1.29 is 17.9 Å². The van der Waals surface area contributed by atoms with Crippen molar-refractivity contribution in [3.8, 4) is 11.5 Å². The summed E-state index contributed by atoms with van der Waals surface area (Å²) < 4.78 is 38.0. The molecule has 0 fully saturated rings. The molecule has 0 radical (unpaired) electrons. The summed E-state index contributed by atoms with van der Waals surface area (Å²) in [6.07, 6.45) is 0. The number of thiophene rings is 1. The Bertz CT molecular complexity index is 719. The lowest BCUT2D eigenvalue weighted by molar-refractivity contribution is 0.395. The molecule has 0 aliphatic rings. The molecular weight excluding hydrogens is 402 g/mol. The number of ether oxygens (including phenoxy) is 2. The van der Waals surface area contributed by atoms with E-state index in [9.17, 15) is 8.42 Å². The molecule has 114 valence electrons. The summed E-state index contributed by atoms with van der Waals surface area (Å²) >= 11 is 10.1. The average molecular weight is 413 g/mol. The molecule has 0 aliphatic carbocycles. The normalized spacial score (nSPS) is 11.2. The Kier molecular flexibility index (Phi) is 5.03. The second-order valence-corrected chi connectivity index (χ2v) is 8.58. The Morgan fingerprint density at radius 3 is 2.14 bits per heavy atom. The number of halogens is 2. The first kappa shape index (κ1) is 16.4. The molecule has 0 saturated carbocycles. The minimum Gasteiger partial charge on any atom is -0.497 e. The highest BCUT2D eigenvalue weighted by Gasteiger charge is 2.19. The molecular formula is C12H11BrClNO4S2. The van der Waals surface area contributed by atoms with E-state index in [1.54, 1.807) is 18.2 Å². The van der Waals surface area contributed by atoms with Crippen LogP contribution in [-0.2, 0) is 10.0 Å². The molecule has 5 nitrogen and oxygen atoms in total. The fourth-order valence-corrected chi connectivity index (χ4v) is 4.97. The molecule has 0 atom stereocenters. The van der Waals surface area contributed by atoms with Gasteiger partial charge >= 0.3 is 0 Å². The minimum absolute atomic E-state index is 0.112. The maximum Gasteiger partial charge on any atom is 0.271 e. The third kappa shape index (κ3) is 3.82. The van der Waals surface area contributed by atoms with Gasteiger partial charge in [-0.1, -0.05) is 11.6 Å². The van der Waals surface area contributed by atoms with Crippen LogP contribution in [0.15, 0.2) is 32.3 Å². The van der Waals surface area contributed by atoms with E-state index in [1.165, 1.54) is 20.3 Å². The highest BCUT2D eigenvalue weighted by atomic mass is 79.9. The molecule has 9 heteroatoms. The maximum atomic E-state index is 12.3. The number of anilines is 1. The number of hydrogen-bond donors (Lipinski definition) is 1. The zero-order chi connectivity index (χ0) is 15.6. The van der Waals surface area contributed by atoms with Crippen LogP contribution in [0.1, 0.15) is 0 Å². The molecule has 0 bridgehead atoms. The van der Waals surface area contributed by atoms with Crippen molar-refractivity contribution in [3.05, 3.63) is 33.1 Å². The number of rotatable bonds is 5. The zero-order valence-electron chi connectivity index (χ0n) is 11.0. The highest BCUT2D eigenvalue weighted by Crippen LogP contribution is 2.36. The van der Waals surface area contributed by atoms with Gasteiger partial charge in [-0.05, 0) is 22.0 Å². The molecule has 0 spiro atoms. The Balaban J connectivity index is 2.36. The van der Waals surface area contributed by atoms with Crippen LogP contribution in [0.4, 0.5) is 5.69 Å². The number of benzene rings is 1. The third-order valence-electron chi connectivity index (χ3n) is 2.49. The molecule has 2 rings (SSSR count). The van der Waals surface area contributed by atoms with Gasteiger partial charge in [0.05, 0.1) is 28.7 Å². The van der Waals surface area contributed by atoms with Crippen LogP contribution in [0.3, 0.4) is 0 Å². The van der Waals surface area contributed by atoms with Gasteiger partial charge in [-0.15, -0.1) is 11.3 Å². The Labute approximate surface area is 140 Å². The molecule has 21 heavy (non-hydrogen) atoms. The molecule has 1 heterocycles. The highest BCUT2D eigenvalue weighted by molar-refractivity contribution is 9.11. The van der Waals surface area contributed by atoms with E-state index in [4.69, 9.17) is 21.1 Å². The predicted octanol–water partition coefficient (Wildman–Crippen LogP) is 3.98. The molecule has 0 amide bonds. The Morgan fingerprint density at radius 2 is 1.71 bits per heavy atom. The van der Waals surface area contributed by atoms with Crippen LogP contribution in [0.5, 0.6) is 11.5 Å². The molecule has 0 unspecified atom stereocenters. The van der Waals surface area contributed by atoms with Crippen molar-refractivity contribution in [2.24, 2.45) is 0 Å². The van der Waals surface area contributed by atoms with E-state index < -0.39 is 10.0 Å². The Hall–Kier alpha value is -0.960. The fraction of sp³-hybridized carbons (Fsp3) is 0.167. The van der Waals surface area contributed by atoms with Crippen molar-refractivity contribution in [1.29, 1.82) is 0 Å². The van der Waals surface area contributed by atoms with Gasteiger partial charge in [0, 0.05) is 18.2 Å². The van der Waals surface area contributed by atoms with E-state index >= 15 is 0 Å². The first-order valence-corrected chi connectivity index (χ1v) is 9.03. The zero-order valence-corrected chi connectivity index (χ0v) is 15.0. The predicted molar refractivity (Wildman–Crippen MR) is 87.4 cm³/mol. The maximum absolute atomic E-state index is 12.3. The van der Waals surface area contributed by atoms with Gasteiger partial charge in [0.15, 0.2) is 0 Å². The van der Waals surface area contributed by atoms with Crippen LogP contribution in [0.25, 0.3) is 0 Å². The van der Waals surface area contributed by atoms with Gasteiger partial charge < -0.3 is 9.47 Å². The lowest BCUT2D eigenvalue weighted by Crippen LogP contribution is -2.11. The van der Waals surface area contributed by atoms with Crippen molar-refractivity contribution >= 4 is 54.6 Å². The number of methoxy groups -OCH3 is 2. The van der Waals surface area contributed by atoms with E-state index in [2.05, 4.69) is 20.7 Å². The SMILES string of the molecule is COc1cc(NS(=O)(=O)c2cc(Cl)c(Br)s2)cc(OC)c1. The van der Waals surface area contributed by atoms with Crippen LogP contribution in [0.2, 0.25) is 5.02 Å². The molecule has 0 saturated heterocycles. The van der Waals surface area contributed by atoms with E-state index in [0.717, 1.165) is 11.3 Å². The molecule has 1 N–H and O–H groups in total. The van der Waals surface area contributed by atoms with Crippen LogP contribution in [0, 0.1) is 0 Å². The minimum atomic E-state index is -3.72. The standard InChI is InChI=1S/C12H11BrClNO4S2/c1-18-8-3-7(4-9(5-8)19-2)15-21(16,17)11-6-10(14)12(13)20-11/h3-6,15H,1-2H3. The third-order valence-corrected chi connectivity index (χ3v) is 6.82. The van der Waals surface area contributed by atoms with Gasteiger partial charge in [-0.25, -0.2) is 8.42 Å². The summed E-state index contributed by atoms with van der Waals surface area (Å²) in [6.45, 7) is 0. The first-order chi connectivity index (χ1) is 9.85. The van der Waals surface area contributed by atoms with E-state index in [0.29, 0.717) is 26.0 Å². The van der Waals surface area contributed by atoms with Crippen LogP contribution >= 0.6 is 38.9 Å². The van der Waals surface area contributed by atoms with Gasteiger partial charge in [-0.2, -0.15) is 0 Å². The number of hydrogen-bond acceptors (Lipinski definition) is 5. The molecule has 0 aliphatic heterocycles. The van der Waals surface area contributed by atoms with Crippen molar-refractivity contribution in [2.75, 3.05) is 18.9 Å². The van der Waals surface area contributed by atoms with Crippen molar-refractivity contribution in [3.63, 3.8) is 0 Å². The summed E-state index contributed by atoms with van der Waals surface area (Å²) in [5, 5.41) is 0.351.